The normalized spacial score (nSPS) is 19.9. The van der Waals surface area contributed by atoms with E-state index < -0.39 is 35.6 Å². The maximum absolute atomic E-state index is 13.3. The van der Waals surface area contributed by atoms with Gasteiger partial charge in [0.25, 0.3) is 5.91 Å². The van der Waals surface area contributed by atoms with Crippen LogP contribution in [-0.4, -0.2) is 29.2 Å². The molecule has 0 aliphatic carbocycles. The molecular formula is C18H14ClFN2O3. The highest BCUT2D eigenvalue weighted by Crippen LogP contribution is 2.33. The molecule has 0 radical (unpaired) electrons. The Hall–Kier alpha value is -2.73. The Kier molecular flexibility index (Phi) is 4.30. The Morgan fingerprint density at radius 1 is 1.20 bits per heavy atom. The van der Waals surface area contributed by atoms with Crippen LogP contribution in [0.15, 0.2) is 48.5 Å². The predicted molar refractivity (Wildman–Crippen MR) is 89.8 cm³/mol. The molecule has 0 saturated carbocycles. The van der Waals surface area contributed by atoms with Gasteiger partial charge in [-0.05, 0) is 25.1 Å². The summed E-state index contributed by atoms with van der Waals surface area (Å²) in [4.78, 5) is 38.1. The number of carbonyl (C=O) groups excluding carboxylic acids is 3. The van der Waals surface area contributed by atoms with E-state index in [1.807, 2.05) is 0 Å². The van der Waals surface area contributed by atoms with E-state index in [-0.39, 0.29) is 5.56 Å². The highest BCUT2D eigenvalue weighted by Gasteiger charge is 2.50. The standard InChI is InChI=1S/C18H14ClFN2O3/c1-18(13-7-2-3-8-14(13)19)16(24)22(17(25)21-18)10-15(23)11-5-4-6-12(20)9-11/h2-9H,10H2,1H3,(H,21,25)/t18-/m0/s1. The van der Waals surface area contributed by atoms with Gasteiger partial charge in [0, 0.05) is 16.1 Å². The van der Waals surface area contributed by atoms with Gasteiger partial charge in [0.05, 0.1) is 6.54 Å². The molecule has 0 spiro atoms. The zero-order valence-electron chi connectivity index (χ0n) is 13.3. The van der Waals surface area contributed by atoms with Crippen molar-refractivity contribution >= 4 is 29.3 Å². The molecule has 3 rings (SSSR count). The van der Waals surface area contributed by atoms with Crippen molar-refractivity contribution in [3.63, 3.8) is 0 Å². The third-order valence-corrected chi connectivity index (χ3v) is 4.47. The largest absolute Gasteiger partial charge is 0.325 e. The number of carbonyl (C=O) groups is 3. The molecule has 2 aromatic carbocycles. The Labute approximate surface area is 148 Å². The monoisotopic (exact) mass is 360 g/mol. The summed E-state index contributed by atoms with van der Waals surface area (Å²) in [5, 5.41) is 2.91. The van der Waals surface area contributed by atoms with E-state index in [1.54, 1.807) is 24.3 Å². The molecular weight excluding hydrogens is 347 g/mol. The van der Waals surface area contributed by atoms with Gasteiger partial charge in [-0.3, -0.25) is 14.5 Å². The van der Waals surface area contributed by atoms with Gasteiger partial charge in [-0.15, -0.1) is 0 Å². The van der Waals surface area contributed by atoms with E-state index in [4.69, 9.17) is 11.6 Å². The minimum atomic E-state index is -1.36. The fraction of sp³-hybridized carbons (Fsp3) is 0.167. The number of nitrogens with one attached hydrogen (secondary N) is 1. The summed E-state index contributed by atoms with van der Waals surface area (Å²) >= 11 is 6.14. The molecule has 0 aromatic heterocycles. The lowest BCUT2D eigenvalue weighted by atomic mass is 9.92. The molecule has 128 valence electrons. The second-order valence-electron chi connectivity index (χ2n) is 5.86. The van der Waals surface area contributed by atoms with Crippen LogP contribution in [0.1, 0.15) is 22.8 Å². The lowest BCUT2D eigenvalue weighted by molar-refractivity contribution is -0.130. The van der Waals surface area contributed by atoms with Crippen LogP contribution in [0, 0.1) is 5.82 Å². The topological polar surface area (TPSA) is 66.5 Å². The van der Waals surface area contributed by atoms with Crippen LogP contribution in [0.5, 0.6) is 0 Å². The number of amides is 3. The first-order chi connectivity index (χ1) is 11.8. The quantitative estimate of drug-likeness (QED) is 0.673. The average Bonchev–Trinajstić information content (AvgIpc) is 2.79. The van der Waals surface area contributed by atoms with Crippen LogP contribution in [0.3, 0.4) is 0 Å². The number of hydrogen-bond acceptors (Lipinski definition) is 3. The van der Waals surface area contributed by atoms with E-state index in [0.29, 0.717) is 10.6 Å². The van der Waals surface area contributed by atoms with Crippen molar-refractivity contribution in [3.05, 3.63) is 70.5 Å². The minimum Gasteiger partial charge on any atom is -0.319 e. The number of halogens is 2. The Morgan fingerprint density at radius 3 is 2.60 bits per heavy atom. The molecule has 1 fully saturated rings. The van der Waals surface area contributed by atoms with Crippen molar-refractivity contribution in [3.8, 4) is 0 Å². The maximum Gasteiger partial charge on any atom is 0.325 e. The van der Waals surface area contributed by atoms with E-state index in [9.17, 15) is 18.8 Å². The fourth-order valence-corrected chi connectivity index (χ4v) is 3.11. The lowest BCUT2D eigenvalue weighted by Crippen LogP contribution is -2.41. The summed E-state index contributed by atoms with van der Waals surface area (Å²) in [5.74, 6) is -1.69. The summed E-state index contributed by atoms with van der Waals surface area (Å²) in [6, 6.07) is 11.1. The van der Waals surface area contributed by atoms with Crippen LogP contribution < -0.4 is 5.32 Å². The van der Waals surface area contributed by atoms with Crippen molar-refractivity contribution < 1.29 is 18.8 Å². The highest BCUT2D eigenvalue weighted by molar-refractivity contribution is 6.32. The summed E-state index contributed by atoms with van der Waals surface area (Å²) in [6.45, 7) is 1.05. The van der Waals surface area contributed by atoms with Gasteiger partial charge in [0.2, 0.25) is 0 Å². The van der Waals surface area contributed by atoms with Crippen LogP contribution >= 0.6 is 11.6 Å². The number of hydrogen-bond donors (Lipinski definition) is 1. The van der Waals surface area contributed by atoms with Crippen molar-refractivity contribution in [1.29, 1.82) is 0 Å². The summed E-state index contributed by atoms with van der Waals surface area (Å²) < 4.78 is 13.3. The van der Waals surface area contributed by atoms with Gasteiger partial charge >= 0.3 is 6.03 Å². The van der Waals surface area contributed by atoms with Crippen LogP contribution in [-0.2, 0) is 10.3 Å². The van der Waals surface area contributed by atoms with Crippen LogP contribution in [0.2, 0.25) is 5.02 Å². The second-order valence-corrected chi connectivity index (χ2v) is 6.27. The first-order valence-corrected chi connectivity index (χ1v) is 7.88. The van der Waals surface area contributed by atoms with Gasteiger partial charge in [0.15, 0.2) is 5.78 Å². The molecule has 25 heavy (non-hydrogen) atoms. The SMILES string of the molecule is C[C@@]1(c2ccccc2Cl)NC(=O)N(CC(=O)c2cccc(F)c2)C1=O. The minimum absolute atomic E-state index is 0.0898. The maximum atomic E-state index is 13.3. The number of Topliss-reactive ketones (excluding diaryl/α,β-unsaturated/α-hetero) is 1. The number of nitrogens with zero attached hydrogens (tertiary/aromatic N) is 1. The van der Waals surface area contributed by atoms with E-state index in [1.165, 1.54) is 25.1 Å². The molecule has 1 aliphatic heterocycles. The fourth-order valence-electron chi connectivity index (χ4n) is 2.79. The predicted octanol–water partition coefficient (Wildman–Crippen LogP) is 3.13. The Bertz CT molecular complexity index is 886. The van der Waals surface area contributed by atoms with Crippen LogP contribution in [0.4, 0.5) is 9.18 Å². The smallest absolute Gasteiger partial charge is 0.319 e. The summed E-state index contributed by atoms with van der Waals surface area (Å²) in [6.07, 6.45) is 0. The van der Waals surface area contributed by atoms with Gasteiger partial charge in [-0.25, -0.2) is 9.18 Å². The zero-order chi connectivity index (χ0) is 18.2. The van der Waals surface area contributed by atoms with Gasteiger partial charge < -0.3 is 5.32 Å². The summed E-state index contributed by atoms with van der Waals surface area (Å²) in [5.41, 5.74) is -0.833. The molecule has 1 saturated heterocycles. The van der Waals surface area contributed by atoms with E-state index in [2.05, 4.69) is 5.32 Å². The number of benzene rings is 2. The molecule has 1 aliphatic rings. The van der Waals surface area contributed by atoms with E-state index >= 15 is 0 Å². The molecule has 0 unspecified atom stereocenters. The van der Waals surface area contributed by atoms with Crippen molar-refractivity contribution in [2.45, 2.75) is 12.5 Å². The molecule has 5 nitrogen and oxygen atoms in total. The lowest BCUT2D eigenvalue weighted by Gasteiger charge is -2.23. The molecule has 2 aromatic rings. The Morgan fingerprint density at radius 2 is 1.92 bits per heavy atom. The first-order valence-electron chi connectivity index (χ1n) is 7.51. The third kappa shape index (κ3) is 3.00. The number of ketones is 1. The van der Waals surface area contributed by atoms with Crippen molar-refractivity contribution in [2.24, 2.45) is 0 Å². The van der Waals surface area contributed by atoms with E-state index in [0.717, 1.165) is 11.0 Å². The highest BCUT2D eigenvalue weighted by atomic mass is 35.5. The van der Waals surface area contributed by atoms with Gasteiger partial charge in [-0.1, -0.05) is 41.9 Å². The second kappa shape index (κ2) is 6.29. The molecule has 3 amide bonds. The van der Waals surface area contributed by atoms with Gasteiger partial charge in [0.1, 0.15) is 11.4 Å². The third-order valence-electron chi connectivity index (χ3n) is 4.14. The number of imide groups is 1. The average molecular weight is 361 g/mol. The molecule has 1 heterocycles. The van der Waals surface area contributed by atoms with Crippen LogP contribution in [0.25, 0.3) is 0 Å². The molecule has 1 atom stereocenters. The number of rotatable bonds is 4. The molecule has 7 heteroatoms. The molecule has 1 N–H and O–H groups in total. The Balaban J connectivity index is 1.87. The first kappa shape index (κ1) is 17.1. The zero-order valence-corrected chi connectivity index (χ0v) is 14.0. The van der Waals surface area contributed by atoms with Crippen molar-refractivity contribution in [1.82, 2.24) is 10.2 Å². The molecule has 0 bridgehead atoms. The van der Waals surface area contributed by atoms with Gasteiger partial charge in [-0.2, -0.15) is 0 Å². The van der Waals surface area contributed by atoms with Crippen molar-refractivity contribution in [2.75, 3.05) is 6.54 Å². The number of urea groups is 1. The summed E-state index contributed by atoms with van der Waals surface area (Å²) in [7, 11) is 0.